The van der Waals surface area contributed by atoms with Gasteiger partial charge in [0.2, 0.25) is 0 Å². The van der Waals surface area contributed by atoms with Crippen LogP contribution in [-0.4, -0.2) is 0 Å². The molecule has 1 heteroatoms. The zero-order valence-corrected chi connectivity index (χ0v) is 7.16. The van der Waals surface area contributed by atoms with Crippen molar-refractivity contribution in [3.63, 3.8) is 0 Å². The molecule has 0 spiro atoms. The van der Waals surface area contributed by atoms with Gasteiger partial charge in [-0.15, -0.1) is 0 Å². The van der Waals surface area contributed by atoms with Crippen molar-refractivity contribution in [3.05, 3.63) is 35.9 Å². The van der Waals surface area contributed by atoms with Gasteiger partial charge >= 0.3 is 0 Å². The number of aryl methyl sites for hydroxylation is 1. The topological polar surface area (TPSA) is 0 Å². The standard InChI is InChI=1S/C8H10.Ti/c1-2-8-6-4-3-5-7-8;/h3-7H,2H2,1H3;. The van der Waals surface area contributed by atoms with Gasteiger partial charge in [0.25, 0.3) is 0 Å². The van der Waals surface area contributed by atoms with Crippen LogP contribution in [0.25, 0.3) is 0 Å². The summed E-state index contributed by atoms with van der Waals surface area (Å²) in [5.74, 6) is 0. The van der Waals surface area contributed by atoms with E-state index in [1.807, 2.05) is 6.07 Å². The molecule has 0 aliphatic rings. The fraction of sp³-hybridized carbons (Fsp3) is 0.250. The minimum absolute atomic E-state index is 0. The predicted octanol–water partition coefficient (Wildman–Crippen LogP) is 2.25. The van der Waals surface area contributed by atoms with Crippen LogP contribution in [0.5, 0.6) is 0 Å². The summed E-state index contributed by atoms with van der Waals surface area (Å²) in [5.41, 5.74) is 1.41. The molecule has 0 atom stereocenters. The van der Waals surface area contributed by atoms with Crippen molar-refractivity contribution >= 4 is 0 Å². The molecule has 0 N–H and O–H groups in total. The Hall–Kier alpha value is -0.0657. The first kappa shape index (κ1) is 8.93. The van der Waals surface area contributed by atoms with Crippen LogP contribution in [0.15, 0.2) is 30.3 Å². The van der Waals surface area contributed by atoms with Gasteiger partial charge in [-0.1, -0.05) is 37.3 Å². The average Bonchev–Trinajstić information content (AvgIpc) is 1.90. The third-order valence-electron chi connectivity index (χ3n) is 1.25. The van der Waals surface area contributed by atoms with Gasteiger partial charge < -0.3 is 0 Å². The fourth-order valence-electron chi connectivity index (χ4n) is 0.714. The predicted molar refractivity (Wildman–Crippen MR) is 35.8 cm³/mol. The van der Waals surface area contributed by atoms with E-state index in [0.717, 1.165) is 6.42 Å². The maximum Gasteiger partial charge on any atom is 0 e. The van der Waals surface area contributed by atoms with Crippen LogP contribution in [0.2, 0.25) is 0 Å². The summed E-state index contributed by atoms with van der Waals surface area (Å²) in [6.45, 7) is 2.16. The van der Waals surface area contributed by atoms with Crippen molar-refractivity contribution in [2.24, 2.45) is 0 Å². The normalized spacial score (nSPS) is 8.11. The van der Waals surface area contributed by atoms with Crippen molar-refractivity contribution in [3.8, 4) is 0 Å². The molecule has 0 saturated heterocycles. The van der Waals surface area contributed by atoms with Gasteiger partial charge in [0, 0.05) is 21.7 Å². The quantitative estimate of drug-likeness (QED) is 0.544. The Morgan fingerprint density at radius 1 is 1.11 bits per heavy atom. The van der Waals surface area contributed by atoms with Gasteiger partial charge in [-0.3, -0.25) is 0 Å². The van der Waals surface area contributed by atoms with Crippen LogP contribution >= 0.6 is 0 Å². The largest absolute Gasteiger partial charge is 0.0622 e. The van der Waals surface area contributed by atoms with Crippen LogP contribution in [-0.2, 0) is 28.1 Å². The Morgan fingerprint density at radius 2 is 1.67 bits per heavy atom. The summed E-state index contributed by atoms with van der Waals surface area (Å²) in [7, 11) is 0. The molecule has 0 aliphatic carbocycles. The van der Waals surface area contributed by atoms with Crippen LogP contribution in [0.3, 0.4) is 0 Å². The van der Waals surface area contributed by atoms with E-state index in [-0.39, 0.29) is 21.7 Å². The third-order valence-corrected chi connectivity index (χ3v) is 1.25. The zero-order chi connectivity index (χ0) is 5.82. The molecule has 0 heterocycles. The first-order chi connectivity index (χ1) is 3.93. The molecular weight excluding hydrogens is 144 g/mol. The van der Waals surface area contributed by atoms with Gasteiger partial charge in [-0.05, 0) is 12.0 Å². The Kier molecular flexibility index (Phi) is 4.74. The van der Waals surface area contributed by atoms with Gasteiger partial charge in [-0.25, -0.2) is 0 Å². The zero-order valence-electron chi connectivity index (χ0n) is 5.59. The summed E-state index contributed by atoms with van der Waals surface area (Å²) in [5, 5.41) is 0. The molecule has 0 unspecified atom stereocenters. The second-order valence-electron chi connectivity index (χ2n) is 1.84. The maximum atomic E-state index is 2.16. The number of hydrogen-bond donors (Lipinski definition) is 0. The van der Waals surface area contributed by atoms with Crippen LogP contribution in [0, 0.1) is 0 Å². The number of benzene rings is 1. The first-order valence-electron chi connectivity index (χ1n) is 2.97. The van der Waals surface area contributed by atoms with E-state index in [2.05, 4.69) is 31.2 Å². The van der Waals surface area contributed by atoms with Crippen molar-refractivity contribution in [2.75, 3.05) is 0 Å². The molecule has 0 aliphatic heterocycles. The molecule has 0 nitrogen and oxygen atoms in total. The molecule has 1 rings (SSSR count). The van der Waals surface area contributed by atoms with E-state index >= 15 is 0 Å². The van der Waals surface area contributed by atoms with E-state index < -0.39 is 0 Å². The van der Waals surface area contributed by atoms with Crippen molar-refractivity contribution in [2.45, 2.75) is 13.3 Å². The molecular formula is C8H10Ti. The molecule has 46 valence electrons. The minimum Gasteiger partial charge on any atom is -0.0622 e. The second-order valence-corrected chi connectivity index (χ2v) is 1.84. The van der Waals surface area contributed by atoms with Gasteiger partial charge in [0.05, 0.1) is 0 Å². The monoisotopic (exact) mass is 154 g/mol. The molecule has 1 aromatic carbocycles. The second kappa shape index (κ2) is 4.78. The van der Waals surface area contributed by atoms with Gasteiger partial charge in [-0.2, -0.15) is 0 Å². The molecule has 0 amide bonds. The summed E-state index contributed by atoms with van der Waals surface area (Å²) in [6, 6.07) is 10.5. The molecule has 1 aromatic rings. The maximum absolute atomic E-state index is 2.16. The third kappa shape index (κ3) is 2.83. The SMILES string of the molecule is CCc1ccccc1.[Ti]. The molecule has 0 aromatic heterocycles. The summed E-state index contributed by atoms with van der Waals surface area (Å²) in [6.07, 6.45) is 1.14. The Balaban J connectivity index is 0.000000640. The van der Waals surface area contributed by atoms with E-state index in [4.69, 9.17) is 0 Å². The van der Waals surface area contributed by atoms with Crippen molar-refractivity contribution < 1.29 is 21.7 Å². The van der Waals surface area contributed by atoms with Gasteiger partial charge in [0.1, 0.15) is 0 Å². The first-order valence-corrected chi connectivity index (χ1v) is 2.97. The van der Waals surface area contributed by atoms with Crippen molar-refractivity contribution in [1.82, 2.24) is 0 Å². The fourth-order valence-corrected chi connectivity index (χ4v) is 0.714. The molecule has 0 bridgehead atoms. The van der Waals surface area contributed by atoms with E-state index in [9.17, 15) is 0 Å². The van der Waals surface area contributed by atoms with E-state index in [1.54, 1.807) is 0 Å². The van der Waals surface area contributed by atoms with E-state index in [0.29, 0.717) is 0 Å². The van der Waals surface area contributed by atoms with Crippen LogP contribution in [0.4, 0.5) is 0 Å². The van der Waals surface area contributed by atoms with Crippen LogP contribution < -0.4 is 0 Å². The molecule has 9 heavy (non-hydrogen) atoms. The molecule has 0 saturated carbocycles. The van der Waals surface area contributed by atoms with Crippen LogP contribution in [0.1, 0.15) is 12.5 Å². The Labute approximate surface area is 71.2 Å². The Bertz CT molecular complexity index is 146. The molecule has 0 radical (unpaired) electrons. The summed E-state index contributed by atoms with van der Waals surface area (Å²) < 4.78 is 0. The van der Waals surface area contributed by atoms with Crippen molar-refractivity contribution in [1.29, 1.82) is 0 Å². The Morgan fingerprint density at radius 3 is 2.00 bits per heavy atom. The average molecular weight is 154 g/mol. The number of hydrogen-bond acceptors (Lipinski definition) is 0. The summed E-state index contributed by atoms with van der Waals surface area (Å²) >= 11 is 0. The molecule has 0 fully saturated rings. The van der Waals surface area contributed by atoms with E-state index in [1.165, 1.54) is 5.56 Å². The summed E-state index contributed by atoms with van der Waals surface area (Å²) in [4.78, 5) is 0. The minimum atomic E-state index is 0. The number of rotatable bonds is 1. The van der Waals surface area contributed by atoms with Gasteiger partial charge in [0.15, 0.2) is 0 Å². The smallest absolute Gasteiger partial charge is 0 e.